The molecule has 0 fully saturated rings. The molecule has 4 N–H and O–H groups in total. The predicted octanol–water partition coefficient (Wildman–Crippen LogP) is 2.65. The number of fused-ring (bicyclic) bond motifs is 1. The van der Waals surface area contributed by atoms with Gasteiger partial charge >= 0.3 is 6.09 Å². The molecule has 2 aromatic carbocycles. The van der Waals surface area contributed by atoms with E-state index < -0.39 is 18.0 Å². The Balaban J connectivity index is 1.66. The average Bonchev–Trinajstić information content (AvgIpc) is 3.23. The molecule has 3 aromatic rings. The average molecular weight is 437 g/mol. The van der Waals surface area contributed by atoms with Gasteiger partial charge < -0.3 is 25.7 Å². The van der Waals surface area contributed by atoms with Crippen molar-refractivity contribution in [2.45, 2.75) is 32.4 Å². The number of aromatic nitrogens is 1. The maximum absolute atomic E-state index is 12.8. The van der Waals surface area contributed by atoms with Crippen molar-refractivity contribution in [3.8, 4) is 0 Å². The molecule has 32 heavy (non-hydrogen) atoms. The fourth-order valence-electron chi connectivity index (χ4n) is 3.25. The Morgan fingerprint density at radius 3 is 2.53 bits per heavy atom. The van der Waals surface area contributed by atoms with Crippen molar-refractivity contribution < 1.29 is 19.1 Å². The fourth-order valence-corrected chi connectivity index (χ4v) is 3.25. The first kappa shape index (κ1) is 22.9. The lowest BCUT2D eigenvalue weighted by molar-refractivity contribution is -0.127. The van der Waals surface area contributed by atoms with Gasteiger partial charge in [-0.25, -0.2) is 4.79 Å². The van der Waals surface area contributed by atoms with Crippen molar-refractivity contribution in [2.24, 2.45) is 0 Å². The summed E-state index contributed by atoms with van der Waals surface area (Å²) in [7, 11) is 0. The molecular weight excluding hydrogens is 408 g/mol. The summed E-state index contributed by atoms with van der Waals surface area (Å²) < 4.78 is 5.28. The van der Waals surface area contributed by atoms with Crippen molar-refractivity contribution in [1.29, 1.82) is 0 Å². The number of hydrogen-bond acceptors (Lipinski definition) is 4. The molecule has 0 bridgehead atoms. The number of rotatable bonds is 10. The van der Waals surface area contributed by atoms with Gasteiger partial charge in [0.1, 0.15) is 12.6 Å². The summed E-state index contributed by atoms with van der Waals surface area (Å²) in [6.07, 6.45) is 2.16. The molecule has 0 aliphatic carbocycles. The van der Waals surface area contributed by atoms with E-state index in [1.807, 2.05) is 67.7 Å². The monoisotopic (exact) mass is 436 g/mol. The number of carbonyl (C=O) groups excluding carboxylic acids is 3. The Morgan fingerprint density at radius 1 is 1.00 bits per heavy atom. The van der Waals surface area contributed by atoms with E-state index in [4.69, 9.17) is 4.74 Å². The van der Waals surface area contributed by atoms with Crippen LogP contribution in [0.2, 0.25) is 0 Å². The smallest absolute Gasteiger partial charge is 0.408 e. The Kier molecular flexibility index (Phi) is 8.25. The van der Waals surface area contributed by atoms with Gasteiger partial charge in [0.15, 0.2) is 0 Å². The minimum Gasteiger partial charge on any atom is -0.445 e. The van der Waals surface area contributed by atoms with Crippen LogP contribution >= 0.6 is 0 Å². The highest BCUT2D eigenvalue weighted by molar-refractivity contribution is 5.90. The number of H-pyrrole nitrogens is 1. The van der Waals surface area contributed by atoms with Crippen molar-refractivity contribution in [3.63, 3.8) is 0 Å². The predicted molar refractivity (Wildman–Crippen MR) is 122 cm³/mol. The van der Waals surface area contributed by atoms with E-state index in [0.29, 0.717) is 6.54 Å². The van der Waals surface area contributed by atoms with E-state index >= 15 is 0 Å². The molecule has 168 valence electrons. The lowest BCUT2D eigenvalue weighted by Gasteiger charge is -2.18. The lowest BCUT2D eigenvalue weighted by atomic mass is 10.0. The van der Waals surface area contributed by atoms with Gasteiger partial charge in [-0.2, -0.15) is 0 Å². The zero-order valence-electron chi connectivity index (χ0n) is 18.0. The van der Waals surface area contributed by atoms with Crippen LogP contribution in [-0.4, -0.2) is 42.0 Å². The van der Waals surface area contributed by atoms with Gasteiger partial charge in [-0.1, -0.05) is 55.5 Å². The van der Waals surface area contributed by atoms with Crippen LogP contribution in [0.25, 0.3) is 10.9 Å². The largest absolute Gasteiger partial charge is 0.445 e. The molecule has 0 radical (unpaired) electrons. The van der Waals surface area contributed by atoms with Crippen LogP contribution in [0.4, 0.5) is 4.79 Å². The Labute approximate surface area is 186 Å². The van der Waals surface area contributed by atoms with E-state index in [9.17, 15) is 14.4 Å². The van der Waals surface area contributed by atoms with E-state index in [1.54, 1.807) is 0 Å². The van der Waals surface area contributed by atoms with E-state index in [2.05, 4.69) is 20.9 Å². The Morgan fingerprint density at radius 2 is 1.75 bits per heavy atom. The molecule has 0 unspecified atom stereocenters. The first-order valence-corrected chi connectivity index (χ1v) is 10.6. The van der Waals surface area contributed by atoms with Crippen molar-refractivity contribution in [3.05, 3.63) is 71.9 Å². The molecule has 0 saturated heterocycles. The number of amides is 3. The molecule has 1 heterocycles. The van der Waals surface area contributed by atoms with Crippen molar-refractivity contribution in [2.75, 3.05) is 13.1 Å². The molecule has 0 aliphatic heterocycles. The van der Waals surface area contributed by atoms with Crippen molar-refractivity contribution >= 4 is 28.8 Å². The Hall–Kier alpha value is -3.81. The summed E-state index contributed by atoms with van der Waals surface area (Å²) in [5.74, 6) is -0.740. The number of aromatic amines is 1. The van der Waals surface area contributed by atoms with Gasteiger partial charge in [0.05, 0.1) is 6.54 Å². The number of nitrogens with one attached hydrogen (secondary N) is 4. The third-order valence-corrected chi connectivity index (χ3v) is 4.92. The van der Waals surface area contributed by atoms with E-state index in [-0.39, 0.29) is 25.5 Å². The first-order chi connectivity index (χ1) is 15.6. The third kappa shape index (κ3) is 6.60. The number of alkyl carbamates (subject to hydrolysis) is 1. The van der Waals surface area contributed by atoms with Crippen LogP contribution in [-0.2, 0) is 27.4 Å². The molecule has 0 spiro atoms. The van der Waals surface area contributed by atoms with Gasteiger partial charge in [-0.15, -0.1) is 0 Å². The van der Waals surface area contributed by atoms with Crippen LogP contribution in [0.1, 0.15) is 24.5 Å². The highest BCUT2D eigenvalue weighted by Gasteiger charge is 2.23. The summed E-state index contributed by atoms with van der Waals surface area (Å²) in [5.41, 5.74) is 2.65. The summed E-state index contributed by atoms with van der Waals surface area (Å²) >= 11 is 0. The lowest BCUT2D eigenvalue weighted by Crippen LogP contribution is -2.50. The fraction of sp³-hybridized carbons (Fsp3) is 0.292. The standard InChI is InChI=1S/C24H28N4O4/c1-2-12-25-22(29)15-27-23(30)21(13-18-14-26-20-11-7-6-10-19(18)20)28-24(31)32-16-17-8-4-3-5-9-17/h3-11,14,21,26H,2,12-13,15-16H2,1H3,(H,25,29)(H,27,30)(H,28,31)/t21-/m0/s1. The minimum atomic E-state index is -0.906. The quantitative estimate of drug-likeness (QED) is 0.391. The van der Waals surface area contributed by atoms with Gasteiger partial charge in [0.25, 0.3) is 0 Å². The number of carbonyl (C=O) groups is 3. The maximum atomic E-state index is 12.8. The molecule has 8 nitrogen and oxygen atoms in total. The topological polar surface area (TPSA) is 112 Å². The van der Waals surface area contributed by atoms with E-state index in [0.717, 1.165) is 28.5 Å². The van der Waals surface area contributed by atoms with Gasteiger partial charge in [0, 0.05) is 30.1 Å². The summed E-state index contributed by atoms with van der Waals surface area (Å²) in [6, 6.07) is 16.1. The molecule has 1 aromatic heterocycles. The second-order valence-corrected chi connectivity index (χ2v) is 7.39. The van der Waals surface area contributed by atoms with Gasteiger partial charge in [-0.05, 0) is 23.6 Å². The SMILES string of the molecule is CCCNC(=O)CNC(=O)[C@H](Cc1c[nH]c2ccccc12)NC(=O)OCc1ccccc1. The zero-order valence-corrected chi connectivity index (χ0v) is 18.0. The molecule has 1 atom stereocenters. The maximum Gasteiger partial charge on any atom is 0.408 e. The number of ether oxygens (including phenoxy) is 1. The number of benzene rings is 2. The minimum absolute atomic E-state index is 0.0908. The first-order valence-electron chi connectivity index (χ1n) is 10.6. The second-order valence-electron chi connectivity index (χ2n) is 7.39. The van der Waals surface area contributed by atoms with Crippen LogP contribution in [0.3, 0.4) is 0 Å². The third-order valence-electron chi connectivity index (χ3n) is 4.92. The second kappa shape index (κ2) is 11.5. The molecule has 0 aliphatic rings. The normalized spacial score (nSPS) is 11.5. The van der Waals surface area contributed by atoms with Crippen LogP contribution in [0, 0.1) is 0 Å². The number of para-hydroxylation sites is 1. The molecule has 3 rings (SSSR count). The van der Waals surface area contributed by atoms with Crippen LogP contribution < -0.4 is 16.0 Å². The van der Waals surface area contributed by atoms with Crippen LogP contribution in [0.5, 0.6) is 0 Å². The van der Waals surface area contributed by atoms with Gasteiger partial charge in [0.2, 0.25) is 11.8 Å². The summed E-state index contributed by atoms with van der Waals surface area (Å²) in [4.78, 5) is 40.2. The highest BCUT2D eigenvalue weighted by atomic mass is 16.5. The molecule has 8 heteroatoms. The van der Waals surface area contributed by atoms with Crippen molar-refractivity contribution in [1.82, 2.24) is 20.9 Å². The number of hydrogen-bond donors (Lipinski definition) is 4. The van der Waals surface area contributed by atoms with E-state index in [1.165, 1.54) is 0 Å². The van der Waals surface area contributed by atoms with Crippen LogP contribution in [0.15, 0.2) is 60.8 Å². The summed E-state index contributed by atoms with van der Waals surface area (Å²) in [5, 5.41) is 8.91. The molecule has 0 saturated carbocycles. The molecular formula is C24H28N4O4. The summed E-state index contributed by atoms with van der Waals surface area (Å²) in [6.45, 7) is 2.41. The zero-order chi connectivity index (χ0) is 22.8. The van der Waals surface area contributed by atoms with Gasteiger partial charge in [-0.3, -0.25) is 9.59 Å². The highest BCUT2D eigenvalue weighted by Crippen LogP contribution is 2.19. The Bertz CT molecular complexity index is 1050. The molecule has 3 amide bonds.